The number of pyridine rings is 2. The standard InChI is InChI=1S/C23H25N5O4/c1-26-13-16-14-27(22(30)15-5-9-28-17(11-15)4-7-25-28)8-6-19(16)20(23(26)31)21(29)24-12-18-3-2-10-32-18/h4-5,7,9,11,13,18H,2-3,6,8,10,12,14H2,1H3,(H,24,29). The molecule has 2 aliphatic heterocycles. The normalized spacial score (nSPS) is 18.0. The molecule has 1 N–H and O–H groups in total. The van der Waals surface area contributed by atoms with Gasteiger partial charge in [-0.1, -0.05) is 0 Å². The van der Waals surface area contributed by atoms with Crippen LogP contribution in [-0.2, 0) is 24.8 Å². The Morgan fingerprint density at radius 3 is 3.00 bits per heavy atom. The third kappa shape index (κ3) is 3.69. The molecule has 0 saturated carbocycles. The Morgan fingerprint density at radius 2 is 2.19 bits per heavy atom. The summed E-state index contributed by atoms with van der Waals surface area (Å²) in [7, 11) is 1.63. The van der Waals surface area contributed by atoms with Crippen LogP contribution in [0.1, 0.15) is 44.7 Å². The maximum absolute atomic E-state index is 13.1. The smallest absolute Gasteiger partial charge is 0.263 e. The van der Waals surface area contributed by atoms with Gasteiger partial charge >= 0.3 is 0 Å². The molecule has 166 valence electrons. The number of nitrogens with zero attached hydrogens (tertiary/aromatic N) is 4. The van der Waals surface area contributed by atoms with Gasteiger partial charge in [-0.25, -0.2) is 4.52 Å². The molecular formula is C23H25N5O4. The predicted octanol–water partition coefficient (Wildman–Crippen LogP) is 1.14. The van der Waals surface area contributed by atoms with E-state index in [1.54, 1.807) is 41.1 Å². The van der Waals surface area contributed by atoms with Gasteiger partial charge in [0.05, 0.1) is 11.6 Å². The summed E-state index contributed by atoms with van der Waals surface area (Å²) in [6.07, 6.45) is 7.54. The first-order valence-corrected chi connectivity index (χ1v) is 10.8. The van der Waals surface area contributed by atoms with E-state index in [1.807, 2.05) is 12.1 Å². The van der Waals surface area contributed by atoms with Crippen LogP contribution in [0.3, 0.4) is 0 Å². The molecule has 0 aromatic carbocycles. The van der Waals surface area contributed by atoms with Gasteiger partial charge in [-0.3, -0.25) is 14.4 Å². The van der Waals surface area contributed by atoms with E-state index in [2.05, 4.69) is 10.4 Å². The molecule has 0 aliphatic carbocycles. The molecular weight excluding hydrogens is 410 g/mol. The third-order valence-electron chi connectivity index (χ3n) is 6.24. The lowest BCUT2D eigenvalue weighted by molar-refractivity contribution is 0.0733. The molecule has 5 heterocycles. The Balaban J connectivity index is 1.38. The van der Waals surface area contributed by atoms with Crippen molar-refractivity contribution in [2.45, 2.75) is 31.9 Å². The summed E-state index contributed by atoms with van der Waals surface area (Å²) in [5.74, 6) is -0.457. The van der Waals surface area contributed by atoms with Crippen LogP contribution in [0, 0.1) is 0 Å². The minimum atomic E-state index is -0.371. The quantitative estimate of drug-likeness (QED) is 0.663. The van der Waals surface area contributed by atoms with Gasteiger partial charge in [-0.05, 0) is 48.6 Å². The predicted molar refractivity (Wildman–Crippen MR) is 117 cm³/mol. The maximum atomic E-state index is 13.1. The van der Waals surface area contributed by atoms with Crippen molar-refractivity contribution in [3.8, 4) is 0 Å². The van der Waals surface area contributed by atoms with Crippen LogP contribution in [-0.4, -0.2) is 56.7 Å². The van der Waals surface area contributed by atoms with Gasteiger partial charge in [-0.2, -0.15) is 5.10 Å². The van der Waals surface area contributed by atoms with E-state index >= 15 is 0 Å². The van der Waals surface area contributed by atoms with Crippen molar-refractivity contribution < 1.29 is 14.3 Å². The number of carbonyl (C=O) groups is 2. The van der Waals surface area contributed by atoms with Crippen molar-refractivity contribution in [2.24, 2.45) is 7.05 Å². The van der Waals surface area contributed by atoms with Crippen LogP contribution < -0.4 is 10.9 Å². The van der Waals surface area contributed by atoms with Crippen LogP contribution in [0.4, 0.5) is 0 Å². The number of carbonyl (C=O) groups excluding carboxylic acids is 2. The summed E-state index contributed by atoms with van der Waals surface area (Å²) < 4.78 is 8.69. The van der Waals surface area contributed by atoms with Crippen molar-refractivity contribution >= 4 is 17.3 Å². The van der Waals surface area contributed by atoms with Gasteiger partial charge in [0.1, 0.15) is 5.56 Å². The summed E-state index contributed by atoms with van der Waals surface area (Å²) in [5, 5.41) is 7.03. The van der Waals surface area contributed by atoms with Crippen LogP contribution in [0.5, 0.6) is 0 Å². The lowest BCUT2D eigenvalue weighted by Crippen LogP contribution is -2.42. The summed E-state index contributed by atoms with van der Waals surface area (Å²) >= 11 is 0. The zero-order chi connectivity index (χ0) is 22.2. The Bertz CT molecular complexity index is 1250. The van der Waals surface area contributed by atoms with Crippen molar-refractivity contribution in [2.75, 3.05) is 19.7 Å². The van der Waals surface area contributed by atoms with Crippen molar-refractivity contribution in [3.05, 3.63) is 69.4 Å². The summed E-state index contributed by atoms with van der Waals surface area (Å²) in [6.45, 7) is 1.89. The van der Waals surface area contributed by atoms with Gasteiger partial charge < -0.3 is 19.5 Å². The number of hydrogen-bond acceptors (Lipinski definition) is 5. The van der Waals surface area contributed by atoms with Crippen molar-refractivity contribution in [1.29, 1.82) is 0 Å². The second kappa shape index (κ2) is 8.23. The first-order valence-electron chi connectivity index (χ1n) is 10.8. The average molecular weight is 435 g/mol. The summed E-state index contributed by atoms with van der Waals surface area (Å²) in [4.78, 5) is 40.6. The first-order chi connectivity index (χ1) is 15.5. The molecule has 2 amide bonds. The Morgan fingerprint density at radius 1 is 1.31 bits per heavy atom. The van der Waals surface area contributed by atoms with Gasteiger partial charge in [0.2, 0.25) is 0 Å². The zero-order valence-electron chi connectivity index (χ0n) is 17.9. The molecule has 5 rings (SSSR count). The number of rotatable bonds is 4. The monoisotopic (exact) mass is 435 g/mol. The second-order valence-corrected chi connectivity index (χ2v) is 8.36. The van der Waals surface area contributed by atoms with Crippen LogP contribution in [0.2, 0.25) is 0 Å². The highest BCUT2D eigenvalue weighted by Crippen LogP contribution is 2.23. The molecule has 9 nitrogen and oxygen atoms in total. The SMILES string of the molecule is Cn1cc2c(c(C(=O)NCC3CCCO3)c1=O)CCN(C(=O)c1ccn3nccc3c1)C2. The molecule has 2 aliphatic rings. The fraction of sp³-hybridized carbons (Fsp3) is 0.391. The molecule has 9 heteroatoms. The van der Waals surface area contributed by atoms with E-state index in [0.717, 1.165) is 29.5 Å². The molecule has 1 fully saturated rings. The minimum Gasteiger partial charge on any atom is -0.376 e. The highest BCUT2D eigenvalue weighted by molar-refractivity contribution is 5.97. The topological polar surface area (TPSA) is 97.9 Å². The van der Waals surface area contributed by atoms with Gasteiger partial charge in [0.25, 0.3) is 17.4 Å². The van der Waals surface area contributed by atoms with Crippen LogP contribution in [0.15, 0.2) is 41.6 Å². The second-order valence-electron chi connectivity index (χ2n) is 8.36. The van der Waals surface area contributed by atoms with E-state index in [9.17, 15) is 14.4 Å². The van der Waals surface area contributed by atoms with E-state index in [0.29, 0.717) is 38.2 Å². The molecule has 0 bridgehead atoms. The van der Waals surface area contributed by atoms with E-state index < -0.39 is 0 Å². The van der Waals surface area contributed by atoms with Crippen molar-refractivity contribution in [1.82, 2.24) is 24.4 Å². The highest BCUT2D eigenvalue weighted by atomic mass is 16.5. The lowest BCUT2D eigenvalue weighted by Gasteiger charge is -2.30. The molecule has 1 unspecified atom stereocenters. The third-order valence-corrected chi connectivity index (χ3v) is 6.24. The number of amides is 2. The Labute approximate surface area is 184 Å². The molecule has 0 radical (unpaired) electrons. The van der Waals surface area contributed by atoms with Crippen molar-refractivity contribution in [3.63, 3.8) is 0 Å². The van der Waals surface area contributed by atoms with Crippen LogP contribution in [0.25, 0.3) is 5.52 Å². The lowest BCUT2D eigenvalue weighted by atomic mass is 9.95. The molecule has 1 atom stereocenters. The highest BCUT2D eigenvalue weighted by Gasteiger charge is 2.28. The van der Waals surface area contributed by atoms with Gasteiger partial charge in [0, 0.05) is 57.4 Å². The Hall–Kier alpha value is -3.46. The number of fused-ring (bicyclic) bond motifs is 2. The minimum absolute atomic E-state index is 0.00332. The number of nitrogens with one attached hydrogen (secondary N) is 1. The fourth-order valence-corrected chi connectivity index (χ4v) is 4.53. The Kier molecular flexibility index (Phi) is 5.26. The number of ether oxygens (including phenoxy) is 1. The average Bonchev–Trinajstić information content (AvgIpc) is 3.49. The van der Waals surface area contributed by atoms with Gasteiger partial charge in [-0.15, -0.1) is 0 Å². The van der Waals surface area contributed by atoms with Crippen LogP contribution >= 0.6 is 0 Å². The molecule has 0 spiro atoms. The van der Waals surface area contributed by atoms with E-state index in [1.165, 1.54) is 4.57 Å². The zero-order valence-corrected chi connectivity index (χ0v) is 17.9. The first kappa shape index (κ1) is 20.4. The molecule has 3 aromatic heterocycles. The van der Waals surface area contributed by atoms with E-state index in [-0.39, 0.29) is 29.0 Å². The van der Waals surface area contributed by atoms with E-state index in [4.69, 9.17) is 4.74 Å². The molecule has 1 saturated heterocycles. The largest absolute Gasteiger partial charge is 0.376 e. The van der Waals surface area contributed by atoms with Gasteiger partial charge in [0.15, 0.2) is 0 Å². The maximum Gasteiger partial charge on any atom is 0.263 e. The number of aryl methyl sites for hydroxylation is 1. The molecule has 3 aromatic rings. The number of aromatic nitrogens is 3. The summed E-state index contributed by atoms with van der Waals surface area (Å²) in [6, 6.07) is 5.41. The summed E-state index contributed by atoms with van der Waals surface area (Å²) in [5.41, 5.74) is 2.84. The fourth-order valence-electron chi connectivity index (χ4n) is 4.53. The number of hydrogen-bond donors (Lipinski definition) is 1. The molecule has 32 heavy (non-hydrogen) atoms.